The molecule has 0 spiro atoms. The summed E-state index contributed by atoms with van der Waals surface area (Å²) in [5.41, 5.74) is 7.23. The first-order valence-corrected chi connectivity index (χ1v) is 11.9. The monoisotopic (exact) mass is 518 g/mol. The van der Waals surface area contributed by atoms with Crippen LogP contribution >= 0.6 is 0 Å². The van der Waals surface area contributed by atoms with Crippen LogP contribution in [-0.4, -0.2) is 47.6 Å². The van der Waals surface area contributed by atoms with Crippen molar-refractivity contribution in [3.8, 4) is 11.1 Å². The van der Waals surface area contributed by atoms with Gasteiger partial charge < -0.3 is 31.5 Å². The Labute approximate surface area is 220 Å². The predicted octanol–water partition coefficient (Wildman–Crippen LogP) is 2.68. The van der Waals surface area contributed by atoms with Crippen LogP contribution < -0.4 is 21.7 Å². The Kier molecular flexibility index (Phi) is 9.55. The van der Waals surface area contributed by atoms with Crippen molar-refractivity contribution in [1.82, 2.24) is 10.6 Å². The van der Waals surface area contributed by atoms with E-state index in [2.05, 4.69) is 16.0 Å². The maximum atomic E-state index is 12.6. The Morgan fingerprint density at radius 3 is 2.18 bits per heavy atom. The highest BCUT2D eigenvalue weighted by Gasteiger charge is 2.44. The van der Waals surface area contributed by atoms with Gasteiger partial charge in [0.2, 0.25) is 11.4 Å². The van der Waals surface area contributed by atoms with Crippen LogP contribution in [0.25, 0.3) is 11.1 Å². The minimum Gasteiger partial charge on any atom is -0.479 e. The lowest BCUT2D eigenvalue weighted by molar-refractivity contribution is -0.162. The molecule has 198 valence electrons. The number of nitrogens with two attached hydrogens (primary N) is 1. The van der Waals surface area contributed by atoms with Crippen LogP contribution in [0.15, 0.2) is 78.9 Å². The van der Waals surface area contributed by atoms with Gasteiger partial charge in [-0.25, -0.2) is 14.4 Å². The van der Waals surface area contributed by atoms with Crippen molar-refractivity contribution in [3.05, 3.63) is 90.0 Å². The SMILES string of the molecule is CC(=O)NCCNC(=O)Nc1cccc(-c2ccc(C[C@@](N)(C(=O)O)C(=O)OCc3ccccc3)cc2)c1. The van der Waals surface area contributed by atoms with Gasteiger partial charge in [0.1, 0.15) is 6.61 Å². The molecule has 1 atom stereocenters. The lowest BCUT2D eigenvalue weighted by Gasteiger charge is -2.23. The molecule has 0 aliphatic carbocycles. The van der Waals surface area contributed by atoms with Gasteiger partial charge in [0, 0.05) is 32.1 Å². The fourth-order valence-electron chi connectivity index (χ4n) is 3.59. The van der Waals surface area contributed by atoms with Crippen molar-refractivity contribution in [3.63, 3.8) is 0 Å². The Morgan fingerprint density at radius 1 is 0.842 bits per heavy atom. The number of rotatable bonds is 11. The molecule has 3 rings (SSSR count). The Balaban J connectivity index is 1.63. The molecule has 0 saturated heterocycles. The highest BCUT2D eigenvalue weighted by molar-refractivity contribution is 6.04. The van der Waals surface area contributed by atoms with Gasteiger partial charge in [-0.3, -0.25) is 4.79 Å². The van der Waals surface area contributed by atoms with Gasteiger partial charge in [-0.2, -0.15) is 0 Å². The standard InChI is InChI=1S/C28H30N4O6/c1-19(33)30-14-15-31-27(37)32-24-9-5-8-23(16-24)22-12-10-20(11-13-22)17-28(29,25(34)35)26(36)38-18-21-6-3-2-4-7-21/h2-13,16H,14-15,17-18,29H2,1H3,(H,30,33)(H,34,35)(H2,31,32,37)/t28-/m1/s1. The summed E-state index contributed by atoms with van der Waals surface area (Å²) in [6.45, 7) is 1.93. The first-order valence-electron chi connectivity index (χ1n) is 11.9. The largest absolute Gasteiger partial charge is 0.479 e. The molecule has 0 aliphatic heterocycles. The summed E-state index contributed by atoms with van der Waals surface area (Å²) < 4.78 is 5.20. The van der Waals surface area contributed by atoms with Crippen molar-refractivity contribution >= 4 is 29.6 Å². The molecule has 0 saturated carbocycles. The van der Waals surface area contributed by atoms with Crippen LogP contribution in [0.3, 0.4) is 0 Å². The van der Waals surface area contributed by atoms with E-state index in [0.29, 0.717) is 17.8 Å². The molecular formula is C28H30N4O6. The summed E-state index contributed by atoms with van der Waals surface area (Å²) in [6.07, 6.45) is -0.253. The van der Waals surface area contributed by atoms with E-state index >= 15 is 0 Å². The molecule has 0 fully saturated rings. The van der Waals surface area contributed by atoms with Crippen LogP contribution in [0, 0.1) is 0 Å². The van der Waals surface area contributed by atoms with E-state index in [0.717, 1.165) is 16.7 Å². The second-order valence-electron chi connectivity index (χ2n) is 8.66. The second-order valence-corrected chi connectivity index (χ2v) is 8.66. The van der Waals surface area contributed by atoms with E-state index in [1.165, 1.54) is 6.92 Å². The maximum Gasteiger partial charge on any atom is 0.338 e. The number of esters is 1. The molecule has 3 amide bonds. The molecule has 0 unspecified atom stereocenters. The zero-order valence-electron chi connectivity index (χ0n) is 20.9. The van der Waals surface area contributed by atoms with E-state index in [1.54, 1.807) is 66.7 Å². The number of benzene rings is 3. The highest BCUT2D eigenvalue weighted by atomic mass is 16.5. The molecule has 6 N–H and O–H groups in total. The zero-order chi connectivity index (χ0) is 27.5. The van der Waals surface area contributed by atoms with E-state index in [4.69, 9.17) is 10.5 Å². The molecule has 10 heteroatoms. The molecule has 0 radical (unpaired) electrons. The lowest BCUT2D eigenvalue weighted by atomic mass is 9.91. The number of hydrogen-bond acceptors (Lipinski definition) is 6. The van der Waals surface area contributed by atoms with Gasteiger partial charge in [0.25, 0.3) is 0 Å². The van der Waals surface area contributed by atoms with Crippen molar-refractivity contribution in [2.75, 3.05) is 18.4 Å². The van der Waals surface area contributed by atoms with Crippen molar-refractivity contribution in [2.24, 2.45) is 5.73 Å². The van der Waals surface area contributed by atoms with Gasteiger partial charge in [0.15, 0.2) is 0 Å². The van der Waals surface area contributed by atoms with Crippen molar-refractivity contribution in [1.29, 1.82) is 0 Å². The van der Waals surface area contributed by atoms with Crippen LogP contribution in [0.2, 0.25) is 0 Å². The van der Waals surface area contributed by atoms with Gasteiger partial charge in [0.05, 0.1) is 0 Å². The van der Waals surface area contributed by atoms with Crippen molar-refractivity contribution in [2.45, 2.75) is 25.5 Å². The molecule has 0 aliphatic rings. The molecule has 10 nitrogen and oxygen atoms in total. The van der Waals surface area contributed by atoms with E-state index < -0.39 is 23.5 Å². The number of anilines is 1. The number of nitrogens with one attached hydrogen (secondary N) is 3. The number of aliphatic carboxylic acids is 1. The summed E-state index contributed by atoms with van der Waals surface area (Å²) in [4.78, 5) is 47.5. The molecule has 3 aromatic carbocycles. The van der Waals surface area contributed by atoms with Gasteiger partial charge in [-0.1, -0.05) is 66.7 Å². The van der Waals surface area contributed by atoms with E-state index in [1.807, 2.05) is 12.1 Å². The number of hydrogen-bond donors (Lipinski definition) is 5. The third-order valence-corrected chi connectivity index (χ3v) is 5.63. The fourth-order valence-corrected chi connectivity index (χ4v) is 3.59. The van der Waals surface area contributed by atoms with Crippen LogP contribution in [0.5, 0.6) is 0 Å². The fraction of sp³-hybridized carbons (Fsp3) is 0.214. The van der Waals surface area contributed by atoms with Crippen LogP contribution in [0.4, 0.5) is 10.5 Å². The molecule has 0 bridgehead atoms. The minimum absolute atomic E-state index is 0.0808. The molecule has 38 heavy (non-hydrogen) atoms. The zero-order valence-corrected chi connectivity index (χ0v) is 20.9. The summed E-state index contributed by atoms with van der Waals surface area (Å²) in [6, 6.07) is 22.6. The van der Waals surface area contributed by atoms with Gasteiger partial charge in [-0.15, -0.1) is 0 Å². The average Bonchev–Trinajstić information content (AvgIpc) is 2.90. The van der Waals surface area contributed by atoms with Crippen molar-refractivity contribution < 1.29 is 29.0 Å². The first kappa shape index (κ1) is 27.9. The first-order chi connectivity index (χ1) is 18.2. The Hall–Kier alpha value is -4.70. The third-order valence-electron chi connectivity index (χ3n) is 5.63. The van der Waals surface area contributed by atoms with E-state index in [-0.39, 0.29) is 25.5 Å². The molecule has 3 aromatic rings. The number of carbonyl (C=O) groups excluding carboxylic acids is 3. The van der Waals surface area contributed by atoms with Gasteiger partial charge >= 0.3 is 18.0 Å². The number of carboxylic acid groups (broad SMARTS) is 1. The Bertz CT molecular complexity index is 1280. The second kappa shape index (κ2) is 13.0. The maximum absolute atomic E-state index is 12.6. The predicted molar refractivity (Wildman–Crippen MR) is 142 cm³/mol. The summed E-state index contributed by atoms with van der Waals surface area (Å²) in [5.74, 6) is -2.67. The summed E-state index contributed by atoms with van der Waals surface area (Å²) in [5, 5.41) is 17.7. The smallest absolute Gasteiger partial charge is 0.338 e. The summed E-state index contributed by atoms with van der Waals surface area (Å²) in [7, 11) is 0. The quantitative estimate of drug-likeness (QED) is 0.148. The van der Waals surface area contributed by atoms with Crippen LogP contribution in [-0.2, 0) is 32.1 Å². The summed E-state index contributed by atoms with van der Waals surface area (Å²) >= 11 is 0. The molecular weight excluding hydrogens is 488 g/mol. The number of carboxylic acids is 1. The van der Waals surface area contributed by atoms with E-state index in [9.17, 15) is 24.3 Å². The number of urea groups is 1. The van der Waals surface area contributed by atoms with Gasteiger partial charge in [-0.05, 0) is 34.4 Å². The number of carbonyl (C=O) groups is 4. The number of ether oxygens (including phenoxy) is 1. The molecule has 0 aromatic heterocycles. The average molecular weight is 519 g/mol. The number of amides is 3. The molecule has 0 heterocycles. The highest BCUT2D eigenvalue weighted by Crippen LogP contribution is 2.24. The normalized spacial score (nSPS) is 12.1. The minimum atomic E-state index is -2.24. The third kappa shape index (κ3) is 7.90. The topological polar surface area (TPSA) is 160 Å². The van der Waals surface area contributed by atoms with Crippen LogP contribution in [0.1, 0.15) is 18.1 Å². The lowest BCUT2D eigenvalue weighted by Crippen LogP contribution is -2.57. The Morgan fingerprint density at radius 2 is 1.53 bits per heavy atom.